The second-order valence-corrected chi connectivity index (χ2v) is 16.5. The van der Waals surface area contributed by atoms with Gasteiger partial charge < -0.3 is 15.4 Å². The molecule has 1 aliphatic heterocycles. The fraction of sp³-hybridized carbons (Fsp3) is 0.583. The number of nitrogens with zero attached hydrogens (tertiary/aromatic N) is 2. The predicted octanol–water partition coefficient (Wildman–Crippen LogP) is 6.30. The van der Waals surface area contributed by atoms with Crippen LogP contribution in [0.4, 0.5) is 20.6 Å². The summed E-state index contributed by atoms with van der Waals surface area (Å²) < 4.78 is 48.8. The highest BCUT2D eigenvalue weighted by molar-refractivity contribution is 7.92. The van der Waals surface area contributed by atoms with Gasteiger partial charge in [0.15, 0.2) is 11.6 Å². The summed E-state index contributed by atoms with van der Waals surface area (Å²) in [7, 11) is -3.78. The molecule has 1 saturated carbocycles. The third kappa shape index (κ3) is 10.2. The molecule has 0 radical (unpaired) electrons. The van der Waals surface area contributed by atoms with Gasteiger partial charge in [-0.05, 0) is 69.1 Å². The second kappa shape index (κ2) is 16.2. The van der Waals surface area contributed by atoms with E-state index in [1.54, 1.807) is 0 Å². The molecule has 1 atom stereocenters. The molecule has 12 heteroatoms. The van der Waals surface area contributed by atoms with Crippen molar-refractivity contribution in [3.05, 3.63) is 59.4 Å². The van der Waals surface area contributed by atoms with Crippen molar-refractivity contribution in [1.29, 1.82) is 0 Å². The lowest BCUT2D eigenvalue weighted by molar-refractivity contribution is -0.122. The Bertz CT molecular complexity index is 1540. The average Bonchev–Trinajstić information content (AvgIpc) is 3.03. The largest absolute Gasteiger partial charge is 0.449 e. The van der Waals surface area contributed by atoms with Crippen LogP contribution in [0.5, 0.6) is 0 Å². The first-order valence-electron chi connectivity index (χ1n) is 17.1. The Labute approximate surface area is 284 Å². The Balaban J connectivity index is 1.67. The van der Waals surface area contributed by atoms with Crippen molar-refractivity contribution in [2.24, 2.45) is 5.41 Å². The van der Waals surface area contributed by atoms with Crippen LogP contribution < -0.4 is 14.9 Å². The number of hydrogen-bond acceptors (Lipinski definition) is 7. The molecule has 2 fully saturated rings. The second-order valence-electron chi connectivity index (χ2n) is 14.5. The lowest BCUT2D eigenvalue weighted by Crippen LogP contribution is -2.51. The predicted molar refractivity (Wildman–Crippen MR) is 186 cm³/mol. The van der Waals surface area contributed by atoms with Gasteiger partial charge in [-0.3, -0.25) is 18.8 Å². The van der Waals surface area contributed by atoms with Gasteiger partial charge in [-0.2, -0.15) is 0 Å². The third-order valence-corrected chi connectivity index (χ3v) is 10.4. The number of ketones is 1. The van der Waals surface area contributed by atoms with Gasteiger partial charge in [0.1, 0.15) is 0 Å². The van der Waals surface area contributed by atoms with E-state index in [1.807, 2.05) is 65.0 Å². The number of carbonyl (C=O) groups is 3. The minimum atomic E-state index is -3.78. The molecular weight excluding hydrogens is 635 g/mol. The molecule has 4 rings (SSSR count). The molecule has 264 valence electrons. The van der Waals surface area contributed by atoms with Gasteiger partial charge in [-0.1, -0.05) is 70.4 Å². The zero-order valence-corrected chi connectivity index (χ0v) is 29.7. The molecule has 0 spiro atoms. The molecule has 1 heterocycles. The van der Waals surface area contributed by atoms with Crippen LogP contribution in [0.25, 0.3) is 0 Å². The van der Waals surface area contributed by atoms with Gasteiger partial charge in [0.05, 0.1) is 36.2 Å². The highest BCUT2D eigenvalue weighted by Crippen LogP contribution is 2.32. The Kier molecular flexibility index (Phi) is 12.5. The first-order chi connectivity index (χ1) is 22.6. The molecule has 2 aromatic carbocycles. The number of halogens is 1. The molecule has 2 N–H and O–H groups in total. The van der Waals surface area contributed by atoms with E-state index in [0.717, 1.165) is 42.0 Å². The summed E-state index contributed by atoms with van der Waals surface area (Å²) in [5.74, 6) is -2.36. The summed E-state index contributed by atoms with van der Waals surface area (Å²) in [6, 6.07) is 10.5. The monoisotopic (exact) mass is 686 g/mol. The van der Waals surface area contributed by atoms with Crippen LogP contribution in [-0.2, 0) is 26.0 Å². The van der Waals surface area contributed by atoms with Crippen LogP contribution in [0.3, 0.4) is 0 Å². The molecule has 1 saturated heterocycles. The van der Waals surface area contributed by atoms with Gasteiger partial charge in [-0.15, -0.1) is 0 Å². The topological polar surface area (TPSA) is 125 Å². The van der Waals surface area contributed by atoms with Crippen molar-refractivity contribution in [2.75, 3.05) is 35.1 Å². The van der Waals surface area contributed by atoms with E-state index in [1.165, 1.54) is 17.0 Å². The van der Waals surface area contributed by atoms with E-state index in [-0.39, 0.29) is 60.6 Å². The van der Waals surface area contributed by atoms with Gasteiger partial charge in [0, 0.05) is 24.3 Å². The van der Waals surface area contributed by atoms with E-state index in [4.69, 9.17) is 4.74 Å². The van der Waals surface area contributed by atoms with Crippen molar-refractivity contribution in [3.8, 4) is 0 Å². The first-order valence-corrected chi connectivity index (χ1v) is 18.7. The minimum absolute atomic E-state index is 0.0894. The zero-order valence-electron chi connectivity index (χ0n) is 28.9. The normalized spacial score (nSPS) is 17.4. The number of rotatable bonds is 12. The zero-order chi connectivity index (χ0) is 35.1. The fourth-order valence-corrected chi connectivity index (χ4v) is 7.77. The number of hydrogen-bond donors (Lipinski definition) is 2. The van der Waals surface area contributed by atoms with E-state index in [2.05, 4.69) is 10.6 Å². The summed E-state index contributed by atoms with van der Waals surface area (Å²) in [5.41, 5.74) is 0.296. The average molecular weight is 687 g/mol. The van der Waals surface area contributed by atoms with E-state index < -0.39 is 39.7 Å². The molecule has 2 aromatic rings. The van der Waals surface area contributed by atoms with Crippen LogP contribution in [0.15, 0.2) is 42.5 Å². The van der Waals surface area contributed by atoms with Crippen molar-refractivity contribution in [3.63, 3.8) is 0 Å². The lowest BCUT2D eigenvalue weighted by atomic mass is 9.93. The van der Waals surface area contributed by atoms with Crippen molar-refractivity contribution in [1.82, 2.24) is 10.2 Å². The molecule has 2 amide bonds. The summed E-state index contributed by atoms with van der Waals surface area (Å²) in [6.45, 7) is 9.63. The van der Waals surface area contributed by atoms with Crippen LogP contribution in [0.2, 0.25) is 0 Å². The van der Waals surface area contributed by atoms with Crippen molar-refractivity contribution in [2.45, 2.75) is 104 Å². The summed E-state index contributed by atoms with van der Waals surface area (Å²) >= 11 is 0. The Morgan fingerprint density at radius 1 is 1.02 bits per heavy atom. The summed E-state index contributed by atoms with van der Waals surface area (Å²) in [5, 5.41) is 5.91. The highest BCUT2D eigenvalue weighted by Gasteiger charge is 2.34. The smallest absolute Gasteiger partial charge is 0.410 e. The van der Waals surface area contributed by atoms with E-state index in [9.17, 15) is 22.8 Å². The van der Waals surface area contributed by atoms with Crippen LogP contribution in [-0.4, -0.2) is 74.7 Å². The fourth-order valence-electron chi connectivity index (χ4n) is 6.14. The van der Waals surface area contributed by atoms with E-state index >= 15 is 4.39 Å². The maximum atomic E-state index is 16.2. The maximum absolute atomic E-state index is 16.2. The molecule has 48 heavy (non-hydrogen) atoms. The van der Waals surface area contributed by atoms with Gasteiger partial charge in [0.25, 0.3) is 5.91 Å². The quantitative estimate of drug-likeness (QED) is 0.268. The Morgan fingerprint density at radius 3 is 2.33 bits per heavy atom. The summed E-state index contributed by atoms with van der Waals surface area (Å²) in [6.07, 6.45) is 4.99. The number of Topliss-reactive ketones (excluding diaryl/α,β-unsaturated/α-hetero) is 1. The molecule has 0 bridgehead atoms. The first kappa shape index (κ1) is 37.2. The number of carbonyl (C=O) groups excluding carboxylic acids is 3. The van der Waals surface area contributed by atoms with Gasteiger partial charge in [-0.25, -0.2) is 17.6 Å². The molecule has 2 aliphatic rings. The van der Waals surface area contributed by atoms with E-state index in [0.29, 0.717) is 18.5 Å². The van der Waals surface area contributed by atoms with Crippen LogP contribution in [0, 0.1) is 11.2 Å². The number of ether oxygens (including phenoxy) is 1. The number of sulfonamides is 1. The standard InChI is InChI=1S/C36H51FN4O6S/c1-25(2)38-27-21-29(33(37)31(22-27)41-18-12-13-19-48(41,45)46)34(43)39-30(20-26-14-8-6-9-15-26)32(42)23-40(28-16-10-7-11-17-28)35(44)47-24-36(3,4)5/h6,8-9,14-15,21-22,25,28,30,38H,7,10-13,16-20,23-24H2,1-5H3,(H,39,43)/t30-/m0/s1. The van der Waals surface area contributed by atoms with Crippen molar-refractivity contribution >= 4 is 39.2 Å². The number of benzene rings is 2. The lowest BCUT2D eigenvalue weighted by Gasteiger charge is -2.34. The third-order valence-electron chi connectivity index (χ3n) is 8.55. The van der Waals surface area contributed by atoms with Crippen molar-refractivity contribution < 1.29 is 31.9 Å². The number of nitrogens with one attached hydrogen (secondary N) is 2. The molecular formula is C36H51FN4O6S. The molecule has 1 aliphatic carbocycles. The summed E-state index contributed by atoms with van der Waals surface area (Å²) in [4.78, 5) is 43.0. The highest BCUT2D eigenvalue weighted by atomic mass is 32.2. The van der Waals surface area contributed by atoms with Crippen LogP contribution >= 0.6 is 0 Å². The van der Waals surface area contributed by atoms with Gasteiger partial charge in [0.2, 0.25) is 10.0 Å². The van der Waals surface area contributed by atoms with Crippen LogP contribution in [0.1, 0.15) is 95.5 Å². The Hall–Kier alpha value is -3.67. The number of anilines is 2. The Morgan fingerprint density at radius 2 is 1.71 bits per heavy atom. The number of amides is 2. The molecule has 0 aromatic heterocycles. The minimum Gasteiger partial charge on any atom is -0.449 e. The SMILES string of the molecule is CC(C)Nc1cc(C(=O)N[C@@H](Cc2ccccc2)C(=O)CN(C(=O)OCC(C)(C)C)C2CCCCC2)c(F)c(N2CCCCS2(=O)=O)c1. The van der Waals surface area contributed by atoms with Gasteiger partial charge >= 0.3 is 6.09 Å². The molecule has 0 unspecified atom stereocenters. The maximum Gasteiger partial charge on any atom is 0.410 e. The molecule has 10 nitrogen and oxygen atoms in total.